The van der Waals surface area contributed by atoms with E-state index >= 15 is 0 Å². The fraction of sp³-hybridized carbons (Fsp3) is 0.125. The van der Waals surface area contributed by atoms with Gasteiger partial charge in [0.15, 0.2) is 33.7 Å². The van der Waals surface area contributed by atoms with Gasteiger partial charge < -0.3 is 59.2 Å². The largest absolute Gasteiger partial charge is 1.00 e. The Balaban J connectivity index is 0.00000482. The monoisotopic (exact) mass is 1340 g/mol. The van der Waals surface area contributed by atoms with Crippen LogP contribution >= 0.6 is 36.0 Å². The molecule has 1 heterocycles. The number of nitrogens with one attached hydrogen (secondary N) is 2. The van der Waals surface area contributed by atoms with Gasteiger partial charge in [-0.15, -0.1) is 24.8 Å². The van der Waals surface area contributed by atoms with Crippen molar-refractivity contribution in [3.8, 4) is 28.7 Å². The topological polar surface area (TPSA) is 478 Å². The van der Waals surface area contributed by atoms with Crippen LogP contribution in [0.1, 0.15) is 0 Å². The molecule has 420 valence electrons. The van der Waals surface area contributed by atoms with E-state index in [0.29, 0.717) is 0 Å². The number of halogens is 1. The Bertz CT molecular complexity index is 4080. The fourth-order valence-corrected chi connectivity index (χ4v) is 11.0. The number of nitrogens with zero attached hydrogens (tertiary/aromatic N) is 7. The van der Waals surface area contributed by atoms with Crippen molar-refractivity contribution in [2.75, 3.05) is 44.3 Å². The normalized spacial score (nSPS) is 11.7. The van der Waals surface area contributed by atoms with Crippen molar-refractivity contribution in [2.24, 2.45) is 20.5 Å². The first-order chi connectivity index (χ1) is 37.3. The van der Waals surface area contributed by atoms with Crippen LogP contribution < -0.4 is 183 Å². The minimum atomic E-state index is -5.43. The van der Waals surface area contributed by atoms with Gasteiger partial charge in [0, 0.05) is 28.6 Å². The third-order valence-electron chi connectivity index (χ3n) is 10.3. The van der Waals surface area contributed by atoms with Gasteiger partial charge in [-0.1, -0.05) is 6.07 Å². The number of phenolic OH excluding ortho intramolecular Hbond substituents is 2. The molecule has 7 rings (SSSR count). The number of aromatic nitrogens is 3. The zero-order valence-electron chi connectivity index (χ0n) is 44.3. The third-order valence-corrected chi connectivity index (χ3v) is 15.7. The molecule has 7 aromatic rings. The summed E-state index contributed by atoms with van der Waals surface area (Å²) in [6.07, 6.45) is 0. The summed E-state index contributed by atoms with van der Waals surface area (Å²) in [5.41, 5.74) is -2.74. The summed E-state index contributed by atoms with van der Waals surface area (Å²) >= 11 is 6.51. The summed E-state index contributed by atoms with van der Waals surface area (Å²) in [6, 6.07) is 12.4. The standard InChI is InChI=1S/C40H34ClN9O23S6.5Na/c1-66-21-6-7-24(30(14-21)78(60,61)62)47-50-35-32(79(63,64)65)12-18-4-5-20(13-23(18)36(35)51)42-39-44-38(41)45-40(46-39)43-26-15-22(77(57,58)59)10-19-11-29(74-72-70-53)34(37(52)33(19)26)49-48-25-16-28(68-3)31(17-27(25)67-2)76(55,56)9-8-69-75-73-71-54;;;;;/h4-7,10-17,51-54H,8-9H2,1-3H3,(H,57,58,59)(H,60,61,62)(H,63,64,65)(H2,42,43,44,45,46);;;;;/q;5*+1/p-5. The number of rotatable bonds is 24. The van der Waals surface area contributed by atoms with E-state index in [4.69, 9.17) is 30.0 Å². The number of hydrogen-bond donors (Lipinski definition) is 4. The molecule has 32 nitrogen and oxygen atoms in total. The maximum Gasteiger partial charge on any atom is 1.00 e. The number of phenols is 2. The summed E-state index contributed by atoms with van der Waals surface area (Å²) in [5.74, 6) is -3.97. The average Bonchev–Trinajstić information content (AvgIpc) is 2.96. The molecule has 0 saturated heterocycles. The number of fused-ring (bicyclic) bond motifs is 2. The number of ether oxygens (including phenoxy) is 3. The Hall–Kier alpha value is -1.96. The molecule has 0 amide bonds. The van der Waals surface area contributed by atoms with Gasteiger partial charge in [0.2, 0.25) is 17.2 Å². The molecule has 0 radical (unpaired) electrons. The van der Waals surface area contributed by atoms with Crippen molar-refractivity contribution in [2.45, 2.75) is 24.5 Å². The molecule has 0 aliphatic rings. The average molecular weight is 1350 g/mol. The molecular formula is C40H29ClN9Na5O23S6. The summed E-state index contributed by atoms with van der Waals surface area (Å²) in [4.78, 5) is 8.56. The van der Waals surface area contributed by atoms with E-state index in [1.54, 1.807) is 0 Å². The van der Waals surface area contributed by atoms with Gasteiger partial charge in [-0.05, 0) is 77.0 Å². The number of sulfone groups is 1. The predicted octanol–water partition coefficient (Wildman–Crippen LogP) is -9.87. The Labute approximate surface area is 599 Å². The maximum atomic E-state index is 13.2. The van der Waals surface area contributed by atoms with Crippen LogP contribution in [0.25, 0.3) is 21.5 Å². The van der Waals surface area contributed by atoms with Crippen molar-refractivity contribution < 1.29 is 253 Å². The van der Waals surface area contributed by atoms with Gasteiger partial charge in [-0.2, -0.15) is 19.3 Å². The van der Waals surface area contributed by atoms with Crippen LogP contribution in [-0.4, -0.2) is 106 Å². The van der Waals surface area contributed by atoms with Crippen LogP contribution in [0.5, 0.6) is 28.7 Å². The van der Waals surface area contributed by atoms with E-state index in [2.05, 4.69) is 64.8 Å². The quantitative estimate of drug-likeness (QED) is 0.00830. The van der Waals surface area contributed by atoms with Gasteiger partial charge in [0.25, 0.3) is 0 Å². The van der Waals surface area contributed by atoms with E-state index in [-0.39, 0.29) is 227 Å². The molecule has 84 heavy (non-hydrogen) atoms. The minimum Gasteiger partial charge on any atom is -0.744 e. The first kappa shape index (κ1) is 78.1. The van der Waals surface area contributed by atoms with Gasteiger partial charge >= 0.3 is 148 Å². The number of aromatic hydroxyl groups is 2. The number of methoxy groups -OCH3 is 3. The van der Waals surface area contributed by atoms with Gasteiger partial charge in [-0.3, -0.25) is 14.3 Å². The van der Waals surface area contributed by atoms with Crippen LogP contribution in [0.2, 0.25) is 5.28 Å². The molecule has 0 unspecified atom stereocenters. The summed E-state index contributed by atoms with van der Waals surface area (Å²) < 4.78 is 166. The molecule has 0 saturated carbocycles. The van der Waals surface area contributed by atoms with Crippen LogP contribution in [0, 0.1) is 0 Å². The zero-order valence-corrected chi connectivity index (χ0v) is 59.9. The van der Waals surface area contributed by atoms with E-state index < -0.39 is 124 Å². The van der Waals surface area contributed by atoms with Crippen LogP contribution in [-0.2, 0) is 63.1 Å². The number of azo groups is 2. The van der Waals surface area contributed by atoms with E-state index in [1.165, 1.54) is 31.4 Å². The molecule has 0 aliphatic heterocycles. The molecule has 4 N–H and O–H groups in total. The minimum absolute atomic E-state index is 0. The van der Waals surface area contributed by atoms with Crippen molar-refractivity contribution >= 4 is 144 Å². The number of hydrogen-bond acceptors (Lipinski definition) is 34. The Kier molecular flexibility index (Phi) is 31.4. The fourth-order valence-electron chi connectivity index (χ4n) is 6.94. The molecular weight excluding hydrogens is 1320 g/mol. The Morgan fingerprint density at radius 3 is 1.85 bits per heavy atom. The first-order valence-electron chi connectivity index (χ1n) is 20.6. The zero-order chi connectivity index (χ0) is 57.6. The van der Waals surface area contributed by atoms with Gasteiger partial charge in [0.1, 0.15) is 75.2 Å². The summed E-state index contributed by atoms with van der Waals surface area (Å²) in [5, 5.41) is 70.3. The second-order valence-corrected chi connectivity index (χ2v) is 22.7. The molecule has 6 aromatic carbocycles. The molecule has 0 aliphatic carbocycles. The molecule has 0 fully saturated rings. The van der Waals surface area contributed by atoms with Gasteiger partial charge in [-0.25, -0.2) is 33.7 Å². The molecule has 0 atom stereocenters. The summed E-state index contributed by atoms with van der Waals surface area (Å²) in [7, 11) is -16.7. The Morgan fingerprint density at radius 2 is 1.24 bits per heavy atom. The SMILES string of the molecule is COc1ccc(N=Nc2c(S(=O)(=O)[O-])cc3ccc(Nc4nc(Cl)nc(Nc5cc(S(=O)(=O)[O-])cc6cc(SOO[O-])c(N=Nc7cc(OC)c(S(=O)(=O)CCOSOO[O-])cc7OC)c(O)c56)n4)cc3c2O)c(S(=O)(=O)[O-])c1.[Na+].[Na+].[Na+].[Na+].[Na+]. The smallest absolute Gasteiger partial charge is 0.744 e. The molecule has 1 aromatic heterocycles. The van der Waals surface area contributed by atoms with Crippen LogP contribution in [0.3, 0.4) is 0 Å². The molecule has 0 bridgehead atoms. The number of anilines is 4. The third kappa shape index (κ3) is 19.5. The maximum absolute atomic E-state index is 13.2. The first-order valence-corrected chi connectivity index (χ1v) is 28.3. The Morgan fingerprint density at radius 1 is 0.607 bits per heavy atom. The van der Waals surface area contributed by atoms with Crippen molar-refractivity contribution in [1.29, 1.82) is 0 Å². The second kappa shape index (κ2) is 33.7. The number of benzene rings is 6. The van der Waals surface area contributed by atoms with E-state index in [1.807, 2.05) is 0 Å². The van der Waals surface area contributed by atoms with E-state index in [0.717, 1.165) is 62.8 Å². The van der Waals surface area contributed by atoms with Gasteiger partial charge in [0.05, 0.1) is 71.0 Å². The molecule has 0 spiro atoms. The van der Waals surface area contributed by atoms with Crippen molar-refractivity contribution in [1.82, 2.24) is 15.0 Å². The summed E-state index contributed by atoms with van der Waals surface area (Å²) in [6.45, 7) is -0.487. The van der Waals surface area contributed by atoms with E-state index in [9.17, 15) is 68.1 Å². The second-order valence-electron chi connectivity index (χ2n) is 15.0. The molecule has 44 heteroatoms. The van der Waals surface area contributed by atoms with Crippen molar-refractivity contribution in [3.63, 3.8) is 0 Å². The van der Waals surface area contributed by atoms with Crippen LogP contribution in [0.15, 0.2) is 118 Å². The van der Waals surface area contributed by atoms with Crippen molar-refractivity contribution in [3.05, 3.63) is 78.1 Å². The van der Waals surface area contributed by atoms with Crippen LogP contribution in [0.4, 0.5) is 46.0 Å². The predicted molar refractivity (Wildman–Crippen MR) is 263 cm³/mol.